The molecule has 26 heavy (non-hydrogen) atoms. The zero-order chi connectivity index (χ0) is 17.9. The van der Waals surface area contributed by atoms with Gasteiger partial charge in [-0.15, -0.1) is 11.3 Å². The lowest BCUT2D eigenvalue weighted by molar-refractivity contribution is 0.207. The number of hydrogen-bond donors (Lipinski definition) is 1. The smallest absolute Gasteiger partial charge is 0.315 e. The summed E-state index contributed by atoms with van der Waals surface area (Å²) in [5.74, 6) is 0. The number of aromatic nitrogens is 1. The maximum Gasteiger partial charge on any atom is 0.322 e. The summed E-state index contributed by atoms with van der Waals surface area (Å²) < 4.78 is 0. The van der Waals surface area contributed by atoms with Crippen LogP contribution < -0.4 is 5.32 Å². The van der Waals surface area contributed by atoms with Crippen molar-refractivity contribution in [3.8, 4) is 11.3 Å². The van der Waals surface area contributed by atoms with Crippen LogP contribution in [0, 0.1) is 0 Å². The fraction of sp³-hybridized carbons (Fsp3) is 0.200. The highest BCUT2D eigenvalue weighted by atomic mass is 35.5. The predicted molar refractivity (Wildman–Crippen MR) is 107 cm³/mol. The number of likely N-dealkylation sites (tertiary alicyclic amines) is 1. The summed E-state index contributed by atoms with van der Waals surface area (Å²) in [5, 5.41) is 6.67. The first-order chi connectivity index (χ1) is 12.7. The highest BCUT2D eigenvalue weighted by molar-refractivity contribution is 7.10. The summed E-state index contributed by atoms with van der Waals surface area (Å²) >= 11 is 7.52. The minimum atomic E-state index is -0.0914. The molecule has 1 N–H and O–H groups in total. The van der Waals surface area contributed by atoms with Gasteiger partial charge in [-0.3, -0.25) is 0 Å². The summed E-state index contributed by atoms with van der Waals surface area (Å²) in [6.45, 7) is 0.740. The van der Waals surface area contributed by atoms with E-state index in [0.717, 1.165) is 41.3 Å². The van der Waals surface area contributed by atoms with Gasteiger partial charge in [-0.05, 0) is 37.1 Å². The molecule has 1 aliphatic heterocycles. The molecule has 4 nitrogen and oxygen atoms in total. The molecule has 1 saturated heterocycles. The van der Waals surface area contributed by atoms with Crippen LogP contribution in [0.1, 0.15) is 23.9 Å². The Labute approximate surface area is 161 Å². The van der Waals surface area contributed by atoms with E-state index in [1.54, 1.807) is 23.5 Å². The molecule has 1 atom stereocenters. The topological polar surface area (TPSA) is 45.2 Å². The van der Waals surface area contributed by atoms with Crippen molar-refractivity contribution in [3.63, 3.8) is 0 Å². The molecule has 0 saturated carbocycles. The van der Waals surface area contributed by atoms with Crippen molar-refractivity contribution in [2.75, 3.05) is 11.9 Å². The van der Waals surface area contributed by atoms with E-state index >= 15 is 0 Å². The molecule has 132 valence electrons. The molecule has 0 radical (unpaired) electrons. The van der Waals surface area contributed by atoms with Crippen molar-refractivity contribution in [2.45, 2.75) is 18.9 Å². The van der Waals surface area contributed by atoms with Crippen LogP contribution >= 0.6 is 22.9 Å². The summed E-state index contributed by atoms with van der Waals surface area (Å²) in [6, 6.07) is 17.2. The van der Waals surface area contributed by atoms with Gasteiger partial charge in [0, 0.05) is 28.2 Å². The van der Waals surface area contributed by atoms with Crippen molar-refractivity contribution in [1.82, 2.24) is 9.88 Å². The van der Waals surface area contributed by atoms with E-state index in [1.165, 1.54) is 0 Å². The Kier molecular flexibility index (Phi) is 4.91. The van der Waals surface area contributed by atoms with Crippen LogP contribution in [-0.2, 0) is 0 Å². The van der Waals surface area contributed by atoms with Gasteiger partial charge in [0.05, 0.1) is 11.7 Å². The summed E-state index contributed by atoms with van der Waals surface area (Å²) in [7, 11) is 0. The van der Waals surface area contributed by atoms with E-state index in [2.05, 4.69) is 22.8 Å². The maximum absolute atomic E-state index is 12.7. The van der Waals surface area contributed by atoms with Crippen LogP contribution in [-0.4, -0.2) is 22.5 Å². The number of anilines is 1. The zero-order valence-electron chi connectivity index (χ0n) is 14.1. The molecule has 1 unspecified atom stereocenters. The van der Waals surface area contributed by atoms with Gasteiger partial charge >= 0.3 is 6.03 Å². The highest BCUT2D eigenvalue weighted by Gasteiger charge is 2.32. The van der Waals surface area contributed by atoms with Gasteiger partial charge in [0.15, 0.2) is 0 Å². The minimum absolute atomic E-state index is 0.0322. The number of carbonyl (C=O) groups is 1. The third-order valence-corrected chi connectivity index (χ3v) is 5.68. The van der Waals surface area contributed by atoms with Gasteiger partial charge in [0.1, 0.15) is 5.01 Å². The number of amides is 2. The number of nitrogens with one attached hydrogen (secondary N) is 1. The number of thiazole rings is 1. The fourth-order valence-corrected chi connectivity index (χ4v) is 4.28. The Hall–Kier alpha value is -2.37. The van der Waals surface area contributed by atoms with Crippen LogP contribution in [0.15, 0.2) is 60.0 Å². The van der Waals surface area contributed by atoms with E-state index in [-0.39, 0.29) is 12.1 Å². The highest BCUT2D eigenvalue weighted by Crippen LogP contribution is 2.36. The molecular formula is C20H18ClN3OS. The first kappa shape index (κ1) is 17.1. The second-order valence-corrected chi connectivity index (χ2v) is 7.55. The molecule has 6 heteroatoms. The van der Waals surface area contributed by atoms with Gasteiger partial charge in [-0.1, -0.05) is 41.9 Å². The molecule has 1 aliphatic rings. The molecule has 0 spiro atoms. The molecular weight excluding hydrogens is 366 g/mol. The fourth-order valence-electron chi connectivity index (χ4n) is 3.18. The van der Waals surface area contributed by atoms with E-state index in [0.29, 0.717) is 5.02 Å². The molecule has 2 heterocycles. The average molecular weight is 384 g/mol. The Morgan fingerprint density at radius 2 is 1.92 bits per heavy atom. The maximum atomic E-state index is 12.7. The van der Waals surface area contributed by atoms with E-state index in [4.69, 9.17) is 16.6 Å². The lowest BCUT2D eigenvalue weighted by Gasteiger charge is -2.23. The second-order valence-electron chi connectivity index (χ2n) is 6.23. The lowest BCUT2D eigenvalue weighted by atomic mass is 10.2. The van der Waals surface area contributed by atoms with Crippen molar-refractivity contribution in [1.29, 1.82) is 0 Å². The molecule has 0 aliphatic carbocycles. The number of rotatable bonds is 3. The number of nitrogens with zero attached hydrogens (tertiary/aromatic N) is 2. The van der Waals surface area contributed by atoms with E-state index in [9.17, 15) is 4.79 Å². The molecule has 2 amide bonds. The number of carbonyl (C=O) groups excluding carboxylic acids is 1. The van der Waals surface area contributed by atoms with Crippen molar-refractivity contribution in [3.05, 3.63) is 70.0 Å². The molecule has 1 fully saturated rings. The number of halogens is 1. The second kappa shape index (κ2) is 7.48. The van der Waals surface area contributed by atoms with Gasteiger partial charge in [0.2, 0.25) is 0 Å². The number of benzene rings is 2. The third kappa shape index (κ3) is 3.59. The summed E-state index contributed by atoms with van der Waals surface area (Å²) in [6.07, 6.45) is 1.93. The molecule has 4 rings (SSSR count). The SMILES string of the molecule is O=C(Nc1ccc(Cl)cc1)N1CCCC1c1nc(-c2ccccc2)cs1. The van der Waals surface area contributed by atoms with Crippen LogP contribution in [0.5, 0.6) is 0 Å². The van der Waals surface area contributed by atoms with Gasteiger partial charge in [-0.2, -0.15) is 0 Å². The van der Waals surface area contributed by atoms with Gasteiger partial charge < -0.3 is 10.2 Å². The van der Waals surface area contributed by atoms with Crippen LogP contribution in [0.4, 0.5) is 10.5 Å². The normalized spacial score (nSPS) is 16.7. The largest absolute Gasteiger partial charge is 0.322 e. The van der Waals surface area contributed by atoms with Gasteiger partial charge in [0.25, 0.3) is 0 Å². The first-order valence-electron chi connectivity index (χ1n) is 8.55. The molecule has 2 aromatic carbocycles. The number of hydrogen-bond acceptors (Lipinski definition) is 3. The first-order valence-corrected chi connectivity index (χ1v) is 9.80. The standard InChI is InChI=1S/C20H18ClN3OS/c21-15-8-10-16(11-9-15)22-20(25)24-12-4-7-18(24)19-23-17(13-26-19)14-5-2-1-3-6-14/h1-3,5-6,8-11,13,18H,4,7,12H2,(H,22,25). The number of urea groups is 1. The lowest BCUT2D eigenvalue weighted by Crippen LogP contribution is -2.34. The average Bonchev–Trinajstić information content (AvgIpc) is 3.33. The monoisotopic (exact) mass is 383 g/mol. The Morgan fingerprint density at radius 1 is 1.15 bits per heavy atom. The minimum Gasteiger partial charge on any atom is -0.315 e. The Bertz CT molecular complexity index is 895. The molecule has 3 aromatic rings. The molecule has 1 aromatic heterocycles. The van der Waals surface area contributed by atoms with Crippen LogP contribution in [0.3, 0.4) is 0 Å². The third-order valence-electron chi connectivity index (χ3n) is 4.49. The zero-order valence-corrected chi connectivity index (χ0v) is 15.6. The van der Waals surface area contributed by atoms with Gasteiger partial charge in [-0.25, -0.2) is 9.78 Å². The predicted octanol–water partition coefficient (Wildman–Crippen LogP) is 5.83. The van der Waals surface area contributed by atoms with Crippen molar-refractivity contribution >= 4 is 34.7 Å². The van der Waals surface area contributed by atoms with Crippen molar-refractivity contribution in [2.24, 2.45) is 0 Å². The quantitative estimate of drug-likeness (QED) is 0.618. The van der Waals surface area contributed by atoms with E-state index < -0.39 is 0 Å². The van der Waals surface area contributed by atoms with Crippen LogP contribution in [0.25, 0.3) is 11.3 Å². The Morgan fingerprint density at radius 3 is 2.69 bits per heavy atom. The van der Waals surface area contributed by atoms with Crippen LogP contribution in [0.2, 0.25) is 5.02 Å². The molecule has 0 bridgehead atoms. The van der Waals surface area contributed by atoms with E-state index in [1.807, 2.05) is 35.2 Å². The van der Waals surface area contributed by atoms with Crippen molar-refractivity contribution < 1.29 is 4.79 Å². The Balaban J connectivity index is 1.50. The summed E-state index contributed by atoms with van der Waals surface area (Å²) in [5.41, 5.74) is 2.81. The summed E-state index contributed by atoms with van der Waals surface area (Å²) in [4.78, 5) is 19.4.